The topological polar surface area (TPSA) is 81.2 Å². The zero-order chi connectivity index (χ0) is 13.9. The Morgan fingerprint density at radius 3 is 2.61 bits per heavy atom. The van der Waals surface area contributed by atoms with Gasteiger partial charge in [0, 0.05) is 12.7 Å². The maximum atomic E-state index is 11.5. The molecule has 1 aromatic heterocycles. The number of ether oxygens (including phenoxy) is 1. The molecule has 0 unspecified atom stereocenters. The highest BCUT2D eigenvalue weighted by Gasteiger charge is 2.16. The van der Waals surface area contributed by atoms with Crippen molar-refractivity contribution in [2.45, 2.75) is 39.3 Å². The summed E-state index contributed by atoms with van der Waals surface area (Å²) in [5, 5.41) is -0.0983. The van der Waals surface area contributed by atoms with Crippen LogP contribution >= 0.6 is 11.6 Å². The van der Waals surface area contributed by atoms with E-state index in [1.807, 2.05) is 4.98 Å². The van der Waals surface area contributed by atoms with E-state index in [0.717, 1.165) is 4.57 Å². The van der Waals surface area contributed by atoms with Crippen LogP contribution in [0.3, 0.4) is 0 Å². The number of hydrogen-bond acceptors (Lipinski definition) is 4. The standard InChI is InChI=1S/C11H15ClN2O4/c1-11(2,3)18-8(15)4-5-14-6-7(12)9(16)13-10(14)17/h6H,4-5H2,1-3H3,(H,13,16,17). The van der Waals surface area contributed by atoms with Crippen molar-refractivity contribution in [2.75, 3.05) is 0 Å². The van der Waals surface area contributed by atoms with Gasteiger partial charge in [-0.25, -0.2) is 4.79 Å². The molecule has 1 heterocycles. The first-order valence-electron chi connectivity index (χ1n) is 5.40. The minimum absolute atomic E-state index is 0.0273. The van der Waals surface area contributed by atoms with E-state index < -0.39 is 22.8 Å². The lowest BCUT2D eigenvalue weighted by Gasteiger charge is -2.19. The number of H-pyrrole nitrogens is 1. The lowest BCUT2D eigenvalue weighted by atomic mass is 10.2. The molecule has 0 bridgehead atoms. The molecule has 6 nitrogen and oxygen atoms in total. The van der Waals surface area contributed by atoms with Gasteiger partial charge in [-0.05, 0) is 20.8 Å². The maximum Gasteiger partial charge on any atom is 0.328 e. The van der Waals surface area contributed by atoms with Gasteiger partial charge in [0.1, 0.15) is 10.6 Å². The second-order valence-corrected chi connectivity index (χ2v) is 5.17. The summed E-state index contributed by atoms with van der Waals surface area (Å²) in [6.07, 6.45) is 1.23. The average molecular weight is 275 g/mol. The number of rotatable bonds is 3. The monoisotopic (exact) mass is 274 g/mol. The number of nitrogens with one attached hydrogen (secondary N) is 1. The number of aromatic amines is 1. The fourth-order valence-electron chi connectivity index (χ4n) is 1.25. The number of carbonyl (C=O) groups is 1. The number of hydrogen-bond donors (Lipinski definition) is 1. The predicted octanol–water partition coefficient (Wildman–Crippen LogP) is 0.922. The van der Waals surface area contributed by atoms with Gasteiger partial charge < -0.3 is 4.74 Å². The summed E-state index contributed by atoms with van der Waals surface area (Å²) in [5.74, 6) is -0.420. The molecule has 18 heavy (non-hydrogen) atoms. The van der Waals surface area contributed by atoms with Crippen molar-refractivity contribution in [1.82, 2.24) is 9.55 Å². The minimum Gasteiger partial charge on any atom is -0.460 e. The highest BCUT2D eigenvalue weighted by molar-refractivity contribution is 6.30. The summed E-state index contributed by atoms with van der Waals surface area (Å²) in [4.78, 5) is 35.9. The molecule has 0 spiro atoms. The Labute approximate surface area is 109 Å². The van der Waals surface area contributed by atoms with Gasteiger partial charge in [-0.3, -0.25) is 19.1 Å². The van der Waals surface area contributed by atoms with E-state index in [2.05, 4.69) is 0 Å². The van der Waals surface area contributed by atoms with Crippen LogP contribution in [0.25, 0.3) is 0 Å². The molecule has 0 radical (unpaired) electrons. The smallest absolute Gasteiger partial charge is 0.328 e. The summed E-state index contributed by atoms with van der Waals surface area (Å²) < 4.78 is 6.25. The van der Waals surface area contributed by atoms with Crippen molar-refractivity contribution in [3.8, 4) is 0 Å². The molecular formula is C11H15ClN2O4. The van der Waals surface area contributed by atoms with Crippen LogP contribution in [0.4, 0.5) is 0 Å². The molecule has 0 saturated heterocycles. The molecule has 0 fully saturated rings. The van der Waals surface area contributed by atoms with Gasteiger partial charge in [0.15, 0.2) is 0 Å². The molecule has 1 N–H and O–H groups in total. The number of esters is 1. The Bertz CT molecular complexity index is 553. The van der Waals surface area contributed by atoms with Gasteiger partial charge in [0.25, 0.3) is 5.56 Å². The van der Waals surface area contributed by atoms with Crippen molar-refractivity contribution in [3.63, 3.8) is 0 Å². The molecule has 0 aliphatic rings. The number of nitrogens with zero attached hydrogens (tertiary/aromatic N) is 1. The number of carbonyl (C=O) groups excluding carboxylic acids is 1. The fraction of sp³-hybridized carbons (Fsp3) is 0.545. The van der Waals surface area contributed by atoms with Crippen LogP contribution in [-0.4, -0.2) is 21.1 Å². The molecule has 1 rings (SSSR count). The van der Waals surface area contributed by atoms with Crippen LogP contribution in [-0.2, 0) is 16.1 Å². The Balaban J connectivity index is 2.70. The molecule has 0 amide bonds. The summed E-state index contributed by atoms with van der Waals surface area (Å²) >= 11 is 5.59. The summed E-state index contributed by atoms with van der Waals surface area (Å²) in [5.41, 5.74) is -1.81. The highest BCUT2D eigenvalue weighted by atomic mass is 35.5. The molecule has 0 saturated carbocycles. The van der Waals surface area contributed by atoms with E-state index in [9.17, 15) is 14.4 Å². The fourth-order valence-corrected chi connectivity index (χ4v) is 1.42. The van der Waals surface area contributed by atoms with Crippen LogP contribution in [0.15, 0.2) is 15.8 Å². The van der Waals surface area contributed by atoms with Crippen molar-refractivity contribution in [2.24, 2.45) is 0 Å². The van der Waals surface area contributed by atoms with E-state index in [1.54, 1.807) is 20.8 Å². The number of aryl methyl sites for hydroxylation is 1. The van der Waals surface area contributed by atoms with E-state index in [1.165, 1.54) is 6.20 Å². The molecule has 0 aromatic carbocycles. The molecular weight excluding hydrogens is 260 g/mol. The van der Waals surface area contributed by atoms with Crippen LogP contribution in [0.2, 0.25) is 5.02 Å². The van der Waals surface area contributed by atoms with E-state index in [4.69, 9.17) is 16.3 Å². The van der Waals surface area contributed by atoms with Gasteiger partial charge in [0.05, 0.1) is 6.42 Å². The average Bonchev–Trinajstić information content (AvgIpc) is 2.19. The summed E-state index contributed by atoms with van der Waals surface area (Å²) in [6.45, 7) is 5.38. The zero-order valence-corrected chi connectivity index (χ0v) is 11.2. The van der Waals surface area contributed by atoms with Crippen LogP contribution in [0.1, 0.15) is 27.2 Å². The Morgan fingerprint density at radius 2 is 2.06 bits per heavy atom. The third-order valence-electron chi connectivity index (χ3n) is 1.94. The first-order chi connectivity index (χ1) is 8.19. The largest absolute Gasteiger partial charge is 0.460 e. The molecule has 0 atom stereocenters. The third-order valence-corrected chi connectivity index (χ3v) is 2.21. The van der Waals surface area contributed by atoms with Gasteiger partial charge in [-0.1, -0.05) is 11.6 Å². The Hall–Kier alpha value is -1.56. The molecule has 0 aliphatic heterocycles. The minimum atomic E-state index is -0.643. The SMILES string of the molecule is CC(C)(C)OC(=O)CCn1cc(Cl)c(=O)[nH]c1=O. The Morgan fingerprint density at radius 1 is 1.44 bits per heavy atom. The van der Waals surface area contributed by atoms with Crippen LogP contribution in [0, 0.1) is 0 Å². The van der Waals surface area contributed by atoms with Gasteiger partial charge in [0.2, 0.25) is 0 Å². The maximum absolute atomic E-state index is 11.5. The normalized spacial score (nSPS) is 11.3. The van der Waals surface area contributed by atoms with Gasteiger partial charge in [-0.15, -0.1) is 0 Å². The number of halogens is 1. The van der Waals surface area contributed by atoms with Gasteiger partial charge >= 0.3 is 11.7 Å². The van der Waals surface area contributed by atoms with Crippen molar-refractivity contribution < 1.29 is 9.53 Å². The van der Waals surface area contributed by atoms with E-state index in [-0.39, 0.29) is 18.0 Å². The van der Waals surface area contributed by atoms with Crippen LogP contribution < -0.4 is 11.2 Å². The zero-order valence-electron chi connectivity index (χ0n) is 10.4. The summed E-state index contributed by atoms with van der Waals surface area (Å²) in [6, 6.07) is 0. The lowest BCUT2D eigenvalue weighted by molar-refractivity contribution is -0.155. The molecule has 0 aliphatic carbocycles. The van der Waals surface area contributed by atoms with Gasteiger partial charge in [-0.2, -0.15) is 0 Å². The quantitative estimate of drug-likeness (QED) is 0.831. The molecule has 7 heteroatoms. The first-order valence-corrected chi connectivity index (χ1v) is 5.78. The second-order valence-electron chi connectivity index (χ2n) is 4.77. The molecule has 1 aromatic rings. The predicted molar refractivity (Wildman–Crippen MR) is 66.8 cm³/mol. The third kappa shape index (κ3) is 4.37. The van der Waals surface area contributed by atoms with Crippen molar-refractivity contribution in [1.29, 1.82) is 0 Å². The van der Waals surface area contributed by atoms with E-state index in [0.29, 0.717) is 0 Å². The first kappa shape index (κ1) is 14.5. The number of aromatic nitrogens is 2. The van der Waals surface area contributed by atoms with Crippen molar-refractivity contribution in [3.05, 3.63) is 32.1 Å². The van der Waals surface area contributed by atoms with Crippen molar-refractivity contribution >= 4 is 17.6 Å². The van der Waals surface area contributed by atoms with Crippen LogP contribution in [0.5, 0.6) is 0 Å². The second kappa shape index (κ2) is 5.39. The van der Waals surface area contributed by atoms with E-state index >= 15 is 0 Å². The Kier molecular flexibility index (Phi) is 4.34. The lowest BCUT2D eigenvalue weighted by Crippen LogP contribution is -2.31. The highest BCUT2D eigenvalue weighted by Crippen LogP contribution is 2.08. The molecule has 100 valence electrons. The summed E-state index contributed by atoms with van der Waals surface area (Å²) in [7, 11) is 0.